The molecule has 1 aromatic heterocycles. The molecule has 1 heterocycles. The molecule has 2 aromatic carbocycles. The minimum atomic E-state index is -0.235. The molecule has 0 aliphatic heterocycles. The van der Waals surface area contributed by atoms with Crippen LogP contribution in [-0.4, -0.2) is 16.8 Å². The van der Waals surface area contributed by atoms with Crippen LogP contribution in [-0.2, 0) is 0 Å². The molecule has 124 valence electrons. The topological polar surface area (TPSA) is 79.9 Å². The van der Waals surface area contributed by atoms with Crippen molar-refractivity contribution in [1.29, 1.82) is 0 Å². The molecule has 3 rings (SSSR count). The minimum absolute atomic E-state index is 0.0247. The highest BCUT2D eigenvalue weighted by Gasteiger charge is 2.15. The number of rotatable bonds is 3. The summed E-state index contributed by atoms with van der Waals surface area (Å²) in [5.74, 6) is 1.31. The van der Waals surface area contributed by atoms with Crippen LogP contribution in [0.1, 0.15) is 18.4 Å². The Morgan fingerprint density at radius 1 is 0.958 bits per heavy atom. The van der Waals surface area contributed by atoms with Gasteiger partial charge < -0.3 is 19.4 Å². The van der Waals surface area contributed by atoms with Crippen molar-refractivity contribution in [1.82, 2.24) is 0 Å². The van der Waals surface area contributed by atoms with E-state index in [2.05, 4.69) is 0 Å². The Hall–Kier alpha value is -2.95. The SMILES string of the molecule is CCOc1cc(-c2cc(O)c3c(C)oc(C)c3c(=O)c2)ccc1O. The number of aromatic hydroxyl groups is 2. The summed E-state index contributed by atoms with van der Waals surface area (Å²) in [6.07, 6.45) is 0. The average molecular weight is 326 g/mol. The molecule has 2 N–H and O–H groups in total. The van der Waals surface area contributed by atoms with Crippen molar-refractivity contribution in [3.05, 3.63) is 52.1 Å². The second-order valence-corrected chi connectivity index (χ2v) is 5.57. The molecule has 24 heavy (non-hydrogen) atoms. The van der Waals surface area contributed by atoms with Crippen molar-refractivity contribution in [3.63, 3.8) is 0 Å². The van der Waals surface area contributed by atoms with Crippen molar-refractivity contribution in [2.24, 2.45) is 0 Å². The predicted octanol–water partition coefficient (Wildman–Crippen LogP) is 3.89. The van der Waals surface area contributed by atoms with Gasteiger partial charge >= 0.3 is 0 Å². The maximum absolute atomic E-state index is 12.6. The molecule has 0 aliphatic rings. The van der Waals surface area contributed by atoms with E-state index in [0.29, 0.717) is 45.8 Å². The minimum Gasteiger partial charge on any atom is -0.507 e. The van der Waals surface area contributed by atoms with E-state index in [-0.39, 0.29) is 16.9 Å². The third-order valence-corrected chi connectivity index (χ3v) is 3.93. The highest BCUT2D eigenvalue weighted by molar-refractivity contribution is 5.92. The van der Waals surface area contributed by atoms with Gasteiger partial charge in [0.25, 0.3) is 0 Å². The van der Waals surface area contributed by atoms with E-state index in [1.54, 1.807) is 26.0 Å². The van der Waals surface area contributed by atoms with Crippen molar-refractivity contribution in [2.45, 2.75) is 20.8 Å². The number of hydrogen-bond donors (Lipinski definition) is 2. The molecule has 3 aromatic rings. The monoisotopic (exact) mass is 326 g/mol. The molecule has 0 bridgehead atoms. The summed E-state index contributed by atoms with van der Waals surface area (Å²) in [5.41, 5.74) is 0.961. The first-order valence-electron chi connectivity index (χ1n) is 7.65. The molecule has 5 nitrogen and oxygen atoms in total. The lowest BCUT2D eigenvalue weighted by molar-refractivity contribution is 0.318. The van der Waals surface area contributed by atoms with Crippen LogP contribution in [0.15, 0.2) is 39.5 Å². The standard InChI is InChI=1S/C19H18O5/c1-4-23-17-9-12(5-6-14(17)20)13-7-15(21)18-10(2)24-11(3)19(18)16(22)8-13/h5-9,20-21H,4H2,1-3H3. The number of ether oxygens (including phenoxy) is 1. The number of fused-ring (bicyclic) bond motifs is 1. The maximum atomic E-state index is 12.6. The second-order valence-electron chi connectivity index (χ2n) is 5.57. The van der Waals surface area contributed by atoms with E-state index in [1.165, 1.54) is 18.2 Å². The molecule has 0 spiro atoms. The molecule has 0 radical (unpaired) electrons. The molecule has 0 amide bonds. The van der Waals surface area contributed by atoms with E-state index in [1.807, 2.05) is 6.92 Å². The Balaban J connectivity index is 2.29. The van der Waals surface area contributed by atoms with Gasteiger partial charge in [0.2, 0.25) is 0 Å². The highest BCUT2D eigenvalue weighted by Crippen LogP contribution is 2.35. The van der Waals surface area contributed by atoms with Crippen molar-refractivity contribution >= 4 is 10.8 Å². The van der Waals surface area contributed by atoms with E-state index in [4.69, 9.17) is 9.15 Å². The number of benzene rings is 1. The molecule has 0 aliphatic carbocycles. The maximum Gasteiger partial charge on any atom is 0.190 e. The lowest BCUT2D eigenvalue weighted by atomic mass is 10.1. The zero-order chi connectivity index (χ0) is 17.4. The molecule has 0 fully saturated rings. The Bertz CT molecular complexity index is 985. The molecule has 0 atom stereocenters. The zero-order valence-corrected chi connectivity index (χ0v) is 13.7. The lowest BCUT2D eigenvalue weighted by Gasteiger charge is -2.08. The fourth-order valence-electron chi connectivity index (χ4n) is 2.89. The zero-order valence-electron chi connectivity index (χ0n) is 13.7. The van der Waals surface area contributed by atoms with Crippen molar-refractivity contribution in [2.75, 3.05) is 6.61 Å². The fraction of sp³-hybridized carbons (Fsp3) is 0.211. The van der Waals surface area contributed by atoms with E-state index < -0.39 is 0 Å². The predicted molar refractivity (Wildman–Crippen MR) is 91.9 cm³/mol. The largest absolute Gasteiger partial charge is 0.507 e. The summed E-state index contributed by atoms with van der Waals surface area (Å²) in [6.45, 7) is 5.63. The summed E-state index contributed by atoms with van der Waals surface area (Å²) < 4.78 is 10.8. The Morgan fingerprint density at radius 3 is 2.38 bits per heavy atom. The second kappa shape index (κ2) is 5.92. The molecule has 5 heteroatoms. The van der Waals surface area contributed by atoms with Gasteiger partial charge in [-0.1, -0.05) is 6.07 Å². The fourth-order valence-corrected chi connectivity index (χ4v) is 2.89. The first-order valence-corrected chi connectivity index (χ1v) is 7.65. The van der Waals surface area contributed by atoms with Gasteiger partial charge in [-0.05, 0) is 56.2 Å². The summed E-state index contributed by atoms with van der Waals surface area (Å²) in [4.78, 5) is 12.6. The third kappa shape index (κ3) is 2.58. The van der Waals surface area contributed by atoms with Crippen LogP contribution in [0.25, 0.3) is 21.9 Å². The number of phenols is 1. The van der Waals surface area contributed by atoms with Crippen LogP contribution in [0, 0.1) is 13.8 Å². The van der Waals surface area contributed by atoms with Gasteiger partial charge in [0.1, 0.15) is 17.3 Å². The van der Waals surface area contributed by atoms with Crippen molar-refractivity contribution < 1.29 is 19.4 Å². The average Bonchev–Trinajstić information content (AvgIpc) is 2.75. The quantitative estimate of drug-likeness (QED) is 0.763. The van der Waals surface area contributed by atoms with E-state index in [9.17, 15) is 15.0 Å². The normalized spacial score (nSPS) is 11.0. The Kier molecular flexibility index (Phi) is 3.93. The van der Waals surface area contributed by atoms with Crippen LogP contribution in [0.4, 0.5) is 0 Å². The molecular formula is C19H18O5. The third-order valence-electron chi connectivity index (χ3n) is 3.93. The first kappa shape index (κ1) is 15.9. The van der Waals surface area contributed by atoms with Gasteiger partial charge in [0.05, 0.1) is 17.4 Å². The molecule has 0 unspecified atom stereocenters. The van der Waals surface area contributed by atoms with Crippen LogP contribution in [0.5, 0.6) is 17.2 Å². The molecule has 0 saturated carbocycles. The summed E-state index contributed by atoms with van der Waals surface area (Å²) in [5, 5.41) is 21.1. The van der Waals surface area contributed by atoms with Crippen LogP contribution in [0.3, 0.4) is 0 Å². The van der Waals surface area contributed by atoms with E-state index >= 15 is 0 Å². The smallest absolute Gasteiger partial charge is 0.190 e. The molecule has 0 saturated heterocycles. The first-order chi connectivity index (χ1) is 11.4. The van der Waals surface area contributed by atoms with Gasteiger partial charge in [0.15, 0.2) is 16.9 Å². The van der Waals surface area contributed by atoms with Crippen molar-refractivity contribution in [3.8, 4) is 28.4 Å². The van der Waals surface area contributed by atoms with E-state index in [0.717, 1.165) is 0 Å². The summed E-state index contributed by atoms with van der Waals surface area (Å²) in [6, 6.07) is 7.78. The highest BCUT2D eigenvalue weighted by atomic mass is 16.5. The number of aryl methyl sites for hydroxylation is 2. The number of hydrogen-bond acceptors (Lipinski definition) is 5. The van der Waals surface area contributed by atoms with Gasteiger partial charge in [-0.25, -0.2) is 0 Å². The van der Waals surface area contributed by atoms with Gasteiger partial charge in [-0.2, -0.15) is 0 Å². The number of phenolic OH excluding ortho intramolecular Hbond substituents is 1. The van der Waals surface area contributed by atoms with Crippen LogP contribution < -0.4 is 10.2 Å². The summed E-state index contributed by atoms with van der Waals surface area (Å²) >= 11 is 0. The Morgan fingerprint density at radius 2 is 1.67 bits per heavy atom. The molecular weight excluding hydrogens is 308 g/mol. The summed E-state index contributed by atoms with van der Waals surface area (Å²) in [7, 11) is 0. The van der Waals surface area contributed by atoms with Crippen LogP contribution in [0.2, 0.25) is 0 Å². The van der Waals surface area contributed by atoms with Gasteiger partial charge in [0, 0.05) is 0 Å². The number of furan rings is 1. The Labute approximate surface area is 138 Å². The van der Waals surface area contributed by atoms with Gasteiger partial charge in [-0.3, -0.25) is 4.79 Å². The van der Waals surface area contributed by atoms with Crippen LogP contribution >= 0.6 is 0 Å². The van der Waals surface area contributed by atoms with Gasteiger partial charge in [-0.15, -0.1) is 0 Å². The lowest BCUT2D eigenvalue weighted by Crippen LogP contribution is -1.96.